The Kier molecular flexibility index (Phi) is 10.8. The zero-order valence-corrected chi connectivity index (χ0v) is 12.3. The molecule has 0 aliphatic carbocycles. The quantitative estimate of drug-likeness (QED) is 0.592. The van der Waals surface area contributed by atoms with Crippen molar-refractivity contribution in [2.45, 2.75) is 39.5 Å². The lowest BCUT2D eigenvalue weighted by Crippen LogP contribution is -2.26. The lowest BCUT2D eigenvalue weighted by Gasteiger charge is -2.19. The molecule has 0 saturated heterocycles. The van der Waals surface area contributed by atoms with Crippen LogP contribution in [-0.2, 0) is 4.79 Å². The fourth-order valence-electron chi connectivity index (χ4n) is 1.87. The summed E-state index contributed by atoms with van der Waals surface area (Å²) >= 11 is 1.82. The molecule has 0 spiro atoms. The first-order chi connectivity index (χ1) is 8.11. The van der Waals surface area contributed by atoms with E-state index in [1.807, 2.05) is 11.8 Å². The monoisotopic (exact) mass is 260 g/mol. The Hall–Kier alpha value is -0.220. The van der Waals surface area contributed by atoms with E-state index in [4.69, 9.17) is 5.73 Å². The van der Waals surface area contributed by atoms with Gasteiger partial charge in [-0.1, -0.05) is 13.8 Å². The summed E-state index contributed by atoms with van der Waals surface area (Å²) in [6, 6.07) is 0. The van der Waals surface area contributed by atoms with Gasteiger partial charge in [0.1, 0.15) is 0 Å². The average Bonchev–Trinajstić information content (AvgIpc) is 2.29. The molecule has 0 aliphatic heterocycles. The second-order valence-electron chi connectivity index (χ2n) is 4.82. The fourth-order valence-corrected chi connectivity index (χ4v) is 2.31. The van der Waals surface area contributed by atoms with Crippen LogP contribution in [0.1, 0.15) is 39.5 Å². The van der Waals surface area contributed by atoms with E-state index in [1.54, 1.807) is 0 Å². The van der Waals surface area contributed by atoms with E-state index in [0.29, 0.717) is 18.3 Å². The summed E-state index contributed by atoms with van der Waals surface area (Å²) in [5.41, 5.74) is 5.58. The zero-order valence-electron chi connectivity index (χ0n) is 11.5. The molecule has 4 heteroatoms. The predicted molar refractivity (Wildman–Crippen MR) is 77.2 cm³/mol. The molecule has 3 nitrogen and oxygen atoms in total. The number of carbonyl (C=O) groups is 1. The van der Waals surface area contributed by atoms with Gasteiger partial charge in [-0.15, -0.1) is 0 Å². The van der Waals surface area contributed by atoms with Gasteiger partial charge in [-0.3, -0.25) is 4.79 Å². The molecule has 102 valence electrons. The highest BCUT2D eigenvalue weighted by atomic mass is 32.2. The Morgan fingerprint density at radius 3 is 2.59 bits per heavy atom. The Balaban J connectivity index is 3.65. The number of amides is 1. The molecule has 0 heterocycles. The normalized spacial score (nSPS) is 12.8. The summed E-state index contributed by atoms with van der Waals surface area (Å²) in [5, 5.41) is 2.97. The first kappa shape index (κ1) is 16.8. The van der Waals surface area contributed by atoms with Crippen LogP contribution in [0.5, 0.6) is 0 Å². The number of carbonyl (C=O) groups excluding carboxylic acids is 1. The maximum atomic E-state index is 11.6. The zero-order chi connectivity index (χ0) is 13.1. The van der Waals surface area contributed by atoms with Gasteiger partial charge in [-0.05, 0) is 49.7 Å². The molecular weight excluding hydrogens is 232 g/mol. The minimum absolute atomic E-state index is 0.189. The largest absolute Gasteiger partial charge is 0.356 e. The molecule has 0 saturated carbocycles. The van der Waals surface area contributed by atoms with E-state index in [9.17, 15) is 4.79 Å². The third-order valence-electron chi connectivity index (χ3n) is 3.07. The number of hydrogen-bond donors (Lipinski definition) is 2. The van der Waals surface area contributed by atoms with Gasteiger partial charge < -0.3 is 11.1 Å². The second-order valence-corrected chi connectivity index (χ2v) is 5.80. The number of rotatable bonds is 10. The van der Waals surface area contributed by atoms with E-state index in [2.05, 4.69) is 25.4 Å². The standard InChI is InChI=1S/C13H28N2OS/c1-11(2)12(7-8-14)5-6-13(16)15-9-4-10-17-3/h11-12H,4-10,14H2,1-3H3,(H,15,16). The van der Waals surface area contributed by atoms with Crippen molar-refractivity contribution in [1.82, 2.24) is 5.32 Å². The van der Waals surface area contributed by atoms with E-state index < -0.39 is 0 Å². The summed E-state index contributed by atoms with van der Waals surface area (Å²) in [6.45, 7) is 5.94. The van der Waals surface area contributed by atoms with Crippen molar-refractivity contribution in [2.24, 2.45) is 17.6 Å². The van der Waals surface area contributed by atoms with Crippen molar-refractivity contribution in [2.75, 3.05) is 25.1 Å². The SMILES string of the molecule is CSCCCNC(=O)CCC(CCN)C(C)C. The maximum absolute atomic E-state index is 11.6. The van der Waals surface area contributed by atoms with Crippen molar-refractivity contribution in [3.05, 3.63) is 0 Å². The Morgan fingerprint density at radius 1 is 1.35 bits per heavy atom. The Labute approximate surface area is 110 Å². The molecule has 0 bridgehead atoms. The van der Waals surface area contributed by atoms with Gasteiger partial charge in [-0.25, -0.2) is 0 Å². The Bertz CT molecular complexity index is 198. The first-order valence-electron chi connectivity index (χ1n) is 6.57. The summed E-state index contributed by atoms with van der Waals surface area (Å²) in [6.07, 6.45) is 5.77. The molecule has 1 amide bonds. The van der Waals surface area contributed by atoms with Crippen LogP contribution in [-0.4, -0.2) is 31.0 Å². The van der Waals surface area contributed by atoms with Crippen LogP contribution in [0.3, 0.4) is 0 Å². The average molecular weight is 260 g/mol. The first-order valence-corrected chi connectivity index (χ1v) is 7.96. The highest BCUT2D eigenvalue weighted by Gasteiger charge is 2.14. The molecule has 3 N–H and O–H groups in total. The lowest BCUT2D eigenvalue weighted by molar-refractivity contribution is -0.121. The smallest absolute Gasteiger partial charge is 0.220 e. The van der Waals surface area contributed by atoms with Crippen LogP contribution in [0, 0.1) is 11.8 Å². The number of nitrogens with two attached hydrogens (primary N) is 1. The molecule has 0 aromatic carbocycles. The molecular formula is C13H28N2OS. The molecule has 17 heavy (non-hydrogen) atoms. The van der Waals surface area contributed by atoms with Crippen LogP contribution in [0.15, 0.2) is 0 Å². The number of nitrogens with one attached hydrogen (secondary N) is 1. The van der Waals surface area contributed by atoms with Crippen LogP contribution < -0.4 is 11.1 Å². The van der Waals surface area contributed by atoms with Gasteiger partial charge in [0, 0.05) is 13.0 Å². The van der Waals surface area contributed by atoms with Crippen molar-refractivity contribution in [3.63, 3.8) is 0 Å². The highest BCUT2D eigenvalue weighted by molar-refractivity contribution is 7.98. The van der Waals surface area contributed by atoms with Crippen molar-refractivity contribution in [3.8, 4) is 0 Å². The molecule has 0 aliphatic rings. The van der Waals surface area contributed by atoms with Gasteiger partial charge in [0.15, 0.2) is 0 Å². The third-order valence-corrected chi connectivity index (χ3v) is 3.77. The second kappa shape index (κ2) is 10.9. The molecule has 0 fully saturated rings. The summed E-state index contributed by atoms with van der Waals surface area (Å²) in [7, 11) is 0. The van der Waals surface area contributed by atoms with Gasteiger partial charge in [-0.2, -0.15) is 11.8 Å². The van der Waals surface area contributed by atoms with Gasteiger partial charge in [0.2, 0.25) is 5.91 Å². The number of thioether (sulfide) groups is 1. The fraction of sp³-hybridized carbons (Fsp3) is 0.923. The lowest BCUT2D eigenvalue weighted by atomic mass is 9.88. The van der Waals surface area contributed by atoms with Crippen molar-refractivity contribution >= 4 is 17.7 Å². The maximum Gasteiger partial charge on any atom is 0.220 e. The molecule has 0 aromatic heterocycles. The van der Waals surface area contributed by atoms with E-state index in [1.165, 1.54) is 0 Å². The van der Waals surface area contributed by atoms with E-state index in [0.717, 1.165) is 38.1 Å². The van der Waals surface area contributed by atoms with Crippen molar-refractivity contribution in [1.29, 1.82) is 0 Å². The van der Waals surface area contributed by atoms with Gasteiger partial charge >= 0.3 is 0 Å². The molecule has 0 radical (unpaired) electrons. The molecule has 1 unspecified atom stereocenters. The molecule has 1 atom stereocenters. The van der Waals surface area contributed by atoms with Gasteiger partial charge in [0.05, 0.1) is 0 Å². The van der Waals surface area contributed by atoms with Crippen LogP contribution in [0.4, 0.5) is 0 Å². The number of hydrogen-bond acceptors (Lipinski definition) is 3. The van der Waals surface area contributed by atoms with Crippen LogP contribution >= 0.6 is 11.8 Å². The van der Waals surface area contributed by atoms with E-state index >= 15 is 0 Å². The minimum atomic E-state index is 0.189. The third kappa shape index (κ3) is 9.48. The predicted octanol–water partition coefficient (Wildman–Crippen LogP) is 2.26. The highest BCUT2D eigenvalue weighted by Crippen LogP contribution is 2.20. The summed E-state index contributed by atoms with van der Waals surface area (Å²) < 4.78 is 0. The molecule has 0 rings (SSSR count). The van der Waals surface area contributed by atoms with Crippen LogP contribution in [0.2, 0.25) is 0 Å². The Morgan fingerprint density at radius 2 is 2.06 bits per heavy atom. The summed E-state index contributed by atoms with van der Waals surface area (Å²) in [5.74, 6) is 2.50. The topological polar surface area (TPSA) is 55.1 Å². The minimum Gasteiger partial charge on any atom is -0.356 e. The van der Waals surface area contributed by atoms with E-state index in [-0.39, 0.29) is 5.91 Å². The summed E-state index contributed by atoms with van der Waals surface area (Å²) in [4.78, 5) is 11.6. The van der Waals surface area contributed by atoms with Gasteiger partial charge in [0.25, 0.3) is 0 Å². The van der Waals surface area contributed by atoms with Crippen LogP contribution in [0.25, 0.3) is 0 Å². The van der Waals surface area contributed by atoms with Crippen molar-refractivity contribution < 1.29 is 4.79 Å². The molecule has 0 aromatic rings.